The highest BCUT2D eigenvalue weighted by atomic mass is 19.4. The highest BCUT2D eigenvalue weighted by Gasteiger charge is 2.43. The molecule has 0 radical (unpaired) electrons. The van der Waals surface area contributed by atoms with E-state index in [0.717, 1.165) is 23.7 Å². The molecule has 1 aliphatic heterocycles. The molecule has 2 N–H and O–H groups in total. The molecule has 12 heteroatoms. The van der Waals surface area contributed by atoms with Gasteiger partial charge in [-0.2, -0.15) is 13.2 Å². The van der Waals surface area contributed by atoms with Crippen molar-refractivity contribution in [2.75, 3.05) is 23.3 Å². The van der Waals surface area contributed by atoms with E-state index in [9.17, 15) is 32.3 Å². The number of pyridine rings is 2. The third-order valence-electron chi connectivity index (χ3n) is 5.60. The van der Waals surface area contributed by atoms with Crippen LogP contribution in [0.4, 0.5) is 29.2 Å². The first-order chi connectivity index (χ1) is 16.0. The summed E-state index contributed by atoms with van der Waals surface area (Å²) >= 11 is 0. The standard InChI is InChI=1S/C22H21F4N5O3/c1-12-7-14(18(22(24,25)26)29-19-15(21(33)34)8-13(23)10-27-19)20-28-16(9-17(32)31(20)11-12)30-5-3-2-4-6-30/h7-11,18H,2-6H2,1H3,(H,27,29)(H,33,34)/t18-/m0/s1. The number of carboxylic acid groups (broad SMARTS) is 1. The van der Waals surface area contributed by atoms with Crippen LogP contribution in [0, 0.1) is 12.7 Å². The van der Waals surface area contributed by atoms with E-state index in [-0.39, 0.29) is 17.0 Å². The van der Waals surface area contributed by atoms with Crippen molar-refractivity contribution >= 4 is 23.3 Å². The number of piperidine rings is 1. The van der Waals surface area contributed by atoms with E-state index in [2.05, 4.69) is 15.3 Å². The largest absolute Gasteiger partial charge is 0.478 e. The molecule has 0 saturated carbocycles. The third-order valence-corrected chi connectivity index (χ3v) is 5.60. The molecule has 1 saturated heterocycles. The van der Waals surface area contributed by atoms with Crippen LogP contribution in [0.15, 0.2) is 35.4 Å². The minimum atomic E-state index is -4.93. The molecule has 1 aliphatic rings. The summed E-state index contributed by atoms with van der Waals surface area (Å²) in [5, 5.41) is 11.4. The molecule has 0 aromatic carbocycles. The molecule has 8 nitrogen and oxygen atoms in total. The summed E-state index contributed by atoms with van der Waals surface area (Å²) in [6.07, 6.45) is -0.150. The summed E-state index contributed by atoms with van der Waals surface area (Å²) in [6.45, 7) is 2.79. The van der Waals surface area contributed by atoms with Gasteiger partial charge >= 0.3 is 12.1 Å². The molecule has 34 heavy (non-hydrogen) atoms. The number of fused-ring (bicyclic) bond motifs is 1. The lowest BCUT2D eigenvalue weighted by molar-refractivity contribution is -0.143. The number of aromatic nitrogens is 3. The monoisotopic (exact) mass is 479 g/mol. The van der Waals surface area contributed by atoms with Crippen molar-refractivity contribution in [2.45, 2.75) is 38.4 Å². The molecule has 4 rings (SSSR count). The Morgan fingerprint density at radius 1 is 1.18 bits per heavy atom. The molecule has 1 fully saturated rings. The number of anilines is 2. The number of hydrogen-bond donors (Lipinski definition) is 2. The number of hydrogen-bond acceptors (Lipinski definition) is 6. The Kier molecular flexibility index (Phi) is 6.15. The molecule has 1 atom stereocenters. The quantitative estimate of drug-likeness (QED) is 0.535. The van der Waals surface area contributed by atoms with Crippen LogP contribution < -0.4 is 15.8 Å². The van der Waals surface area contributed by atoms with Crippen molar-refractivity contribution in [3.05, 3.63) is 63.5 Å². The van der Waals surface area contributed by atoms with Crippen molar-refractivity contribution in [2.24, 2.45) is 0 Å². The SMILES string of the molecule is Cc1cc([C@H](Nc2ncc(F)cc2C(=O)O)C(F)(F)F)c2nc(N3CCCCC3)cc(=O)n2c1. The third kappa shape index (κ3) is 4.66. The fourth-order valence-corrected chi connectivity index (χ4v) is 4.05. The fourth-order valence-electron chi connectivity index (χ4n) is 4.05. The van der Waals surface area contributed by atoms with E-state index in [0.29, 0.717) is 30.9 Å². The first-order valence-corrected chi connectivity index (χ1v) is 10.6. The molecular weight excluding hydrogens is 458 g/mol. The van der Waals surface area contributed by atoms with E-state index >= 15 is 0 Å². The Morgan fingerprint density at radius 3 is 2.53 bits per heavy atom. The van der Waals surface area contributed by atoms with Gasteiger partial charge in [0, 0.05) is 30.9 Å². The molecule has 4 heterocycles. The number of carbonyl (C=O) groups is 1. The highest BCUT2D eigenvalue weighted by Crippen LogP contribution is 2.38. The van der Waals surface area contributed by atoms with Crippen LogP contribution >= 0.6 is 0 Å². The Balaban J connectivity index is 1.90. The Morgan fingerprint density at radius 2 is 1.88 bits per heavy atom. The average Bonchev–Trinajstić information content (AvgIpc) is 2.78. The van der Waals surface area contributed by atoms with Crippen molar-refractivity contribution in [3.63, 3.8) is 0 Å². The smallest absolute Gasteiger partial charge is 0.412 e. The van der Waals surface area contributed by atoms with Gasteiger partial charge in [-0.25, -0.2) is 19.2 Å². The fraction of sp³-hybridized carbons (Fsp3) is 0.364. The van der Waals surface area contributed by atoms with Crippen LogP contribution in [0.2, 0.25) is 0 Å². The van der Waals surface area contributed by atoms with E-state index in [4.69, 9.17) is 0 Å². The normalized spacial score (nSPS) is 15.4. The first-order valence-electron chi connectivity index (χ1n) is 10.6. The lowest BCUT2D eigenvalue weighted by atomic mass is 10.0. The predicted molar refractivity (Wildman–Crippen MR) is 116 cm³/mol. The van der Waals surface area contributed by atoms with Crippen LogP contribution in [-0.4, -0.2) is 44.7 Å². The molecule has 0 spiro atoms. The average molecular weight is 479 g/mol. The lowest BCUT2D eigenvalue weighted by Crippen LogP contribution is -2.33. The second-order valence-corrected chi connectivity index (χ2v) is 8.14. The number of alkyl halides is 3. The molecule has 0 unspecified atom stereocenters. The Hall–Kier alpha value is -3.70. The van der Waals surface area contributed by atoms with Gasteiger partial charge in [0.05, 0.1) is 6.20 Å². The number of aromatic carboxylic acids is 1. The van der Waals surface area contributed by atoms with Gasteiger partial charge < -0.3 is 15.3 Å². The summed E-state index contributed by atoms with van der Waals surface area (Å²) in [4.78, 5) is 34.1. The zero-order valence-electron chi connectivity index (χ0n) is 18.1. The van der Waals surface area contributed by atoms with E-state index in [1.807, 2.05) is 4.90 Å². The van der Waals surface area contributed by atoms with E-state index in [1.165, 1.54) is 25.3 Å². The molecule has 3 aromatic rings. The van der Waals surface area contributed by atoms with Crippen LogP contribution in [-0.2, 0) is 0 Å². The second-order valence-electron chi connectivity index (χ2n) is 8.14. The van der Waals surface area contributed by atoms with Crippen molar-refractivity contribution in [3.8, 4) is 0 Å². The van der Waals surface area contributed by atoms with Gasteiger partial charge in [0.1, 0.15) is 28.7 Å². The van der Waals surface area contributed by atoms with Gasteiger partial charge in [-0.05, 0) is 43.9 Å². The summed E-state index contributed by atoms with van der Waals surface area (Å²) in [7, 11) is 0. The number of nitrogens with one attached hydrogen (secondary N) is 1. The van der Waals surface area contributed by atoms with Gasteiger partial charge in [0.25, 0.3) is 5.56 Å². The van der Waals surface area contributed by atoms with Crippen LogP contribution in [0.5, 0.6) is 0 Å². The predicted octanol–water partition coefficient (Wildman–Crippen LogP) is 3.94. The summed E-state index contributed by atoms with van der Waals surface area (Å²) in [5.74, 6) is -3.04. The van der Waals surface area contributed by atoms with Gasteiger partial charge in [-0.1, -0.05) is 0 Å². The Labute approximate surface area is 190 Å². The van der Waals surface area contributed by atoms with Gasteiger partial charge in [0.15, 0.2) is 6.04 Å². The summed E-state index contributed by atoms with van der Waals surface area (Å²) in [5.41, 5.74) is -1.54. The minimum absolute atomic E-state index is 0.215. The first kappa shape index (κ1) is 23.5. The number of carboxylic acids is 1. The topological polar surface area (TPSA) is 99.8 Å². The zero-order chi connectivity index (χ0) is 24.6. The van der Waals surface area contributed by atoms with Gasteiger partial charge in [-0.3, -0.25) is 9.20 Å². The van der Waals surface area contributed by atoms with Crippen molar-refractivity contribution < 1.29 is 27.5 Å². The van der Waals surface area contributed by atoms with Crippen molar-refractivity contribution in [1.82, 2.24) is 14.4 Å². The molecule has 0 amide bonds. The maximum absolute atomic E-state index is 14.3. The van der Waals surface area contributed by atoms with Gasteiger partial charge in [-0.15, -0.1) is 0 Å². The molecule has 0 aliphatic carbocycles. The van der Waals surface area contributed by atoms with Crippen LogP contribution in [0.25, 0.3) is 5.65 Å². The van der Waals surface area contributed by atoms with Gasteiger partial charge in [0.2, 0.25) is 0 Å². The molecule has 0 bridgehead atoms. The molecular formula is C22H21F4N5O3. The summed E-state index contributed by atoms with van der Waals surface area (Å²) in [6, 6.07) is 0.636. The maximum Gasteiger partial charge on any atom is 0.412 e. The van der Waals surface area contributed by atoms with E-state index < -0.39 is 40.9 Å². The number of aryl methyl sites for hydroxylation is 1. The lowest BCUT2D eigenvalue weighted by Gasteiger charge is -2.28. The number of halogens is 4. The molecule has 180 valence electrons. The number of rotatable bonds is 5. The highest BCUT2D eigenvalue weighted by molar-refractivity contribution is 5.93. The van der Waals surface area contributed by atoms with Crippen molar-refractivity contribution in [1.29, 1.82) is 0 Å². The second kappa shape index (κ2) is 8.92. The van der Waals surface area contributed by atoms with Crippen LogP contribution in [0.1, 0.15) is 46.8 Å². The van der Waals surface area contributed by atoms with E-state index in [1.54, 1.807) is 0 Å². The zero-order valence-corrected chi connectivity index (χ0v) is 18.1. The Bertz CT molecular complexity index is 1300. The number of nitrogens with zero attached hydrogens (tertiary/aromatic N) is 4. The molecule has 3 aromatic heterocycles. The maximum atomic E-state index is 14.3. The minimum Gasteiger partial charge on any atom is -0.478 e. The van der Waals surface area contributed by atoms with Crippen LogP contribution in [0.3, 0.4) is 0 Å². The summed E-state index contributed by atoms with van der Waals surface area (Å²) < 4.78 is 57.4.